The Labute approximate surface area is 103 Å². The van der Waals surface area contributed by atoms with Crippen LogP contribution in [0, 0.1) is 5.41 Å². The summed E-state index contributed by atoms with van der Waals surface area (Å²) in [4.78, 5) is 0. The summed E-state index contributed by atoms with van der Waals surface area (Å²) in [6, 6.07) is 10.4. The highest BCUT2D eigenvalue weighted by Crippen LogP contribution is 2.11. The number of hydrogen-bond acceptors (Lipinski definition) is 3. The monoisotopic (exact) mass is 237 g/mol. The zero-order valence-electron chi connectivity index (χ0n) is 10.5. The summed E-state index contributed by atoms with van der Waals surface area (Å²) in [5.74, 6) is 0. The van der Waals surface area contributed by atoms with Crippen molar-refractivity contribution in [1.82, 2.24) is 5.32 Å². The number of hydrogen-bond donors (Lipinski definition) is 3. The maximum absolute atomic E-state index is 9.12. The molecule has 0 spiro atoms. The van der Waals surface area contributed by atoms with E-state index in [-0.39, 0.29) is 13.2 Å². The molecule has 0 amide bonds. The molecule has 3 heteroatoms. The van der Waals surface area contributed by atoms with Gasteiger partial charge in [-0.05, 0) is 24.9 Å². The topological polar surface area (TPSA) is 52.5 Å². The van der Waals surface area contributed by atoms with Crippen molar-refractivity contribution >= 4 is 0 Å². The van der Waals surface area contributed by atoms with Crippen LogP contribution < -0.4 is 5.32 Å². The molecule has 0 saturated heterocycles. The van der Waals surface area contributed by atoms with Crippen LogP contribution in [0.15, 0.2) is 30.3 Å². The Bertz CT molecular complexity index is 296. The van der Waals surface area contributed by atoms with Crippen molar-refractivity contribution in [2.24, 2.45) is 5.41 Å². The highest BCUT2D eigenvalue weighted by molar-refractivity contribution is 5.14. The molecule has 1 aromatic carbocycles. The predicted octanol–water partition coefficient (Wildman–Crippen LogP) is 1.20. The molecule has 96 valence electrons. The van der Waals surface area contributed by atoms with Gasteiger partial charge in [-0.2, -0.15) is 0 Å². The third-order valence-electron chi connectivity index (χ3n) is 2.98. The van der Waals surface area contributed by atoms with Crippen LogP contribution in [0.1, 0.15) is 18.9 Å². The van der Waals surface area contributed by atoms with Crippen LogP contribution in [-0.4, -0.2) is 36.5 Å². The summed E-state index contributed by atoms with van der Waals surface area (Å²) in [5, 5.41) is 21.5. The molecule has 3 nitrogen and oxygen atoms in total. The van der Waals surface area contributed by atoms with E-state index in [4.69, 9.17) is 10.2 Å². The van der Waals surface area contributed by atoms with E-state index in [1.165, 1.54) is 5.56 Å². The Morgan fingerprint density at radius 3 is 2.35 bits per heavy atom. The van der Waals surface area contributed by atoms with E-state index >= 15 is 0 Å². The standard InChI is InChI=1S/C14H23NO2/c1-14(11-16,12-17)10-15-9-5-8-13-6-3-2-4-7-13/h2-4,6-7,15-17H,5,8-12H2,1H3. The molecule has 0 atom stereocenters. The van der Waals surface area contributed by atoms with E-state index in [9.17, 15) is 0 Å². The van der Waals surface area contributed by atoms with Gasteiger partial charge in [-0.25, -0.2) is 0 Å². The molecule has 0 aromatic heterocycles. The van der Waals surface area contributed by atoms with Crippen molar-refractivity contribution in [3.63, 3.8) is 0 Å². The summed E-state index contributed by atoms with van der Waals surface area (Å²) < 4.78 is 0. The first kappa shape index (κ1) is 14.2. The number of nitrogens with one attached hydrogen (secondary N) is 1. The highest BCUT2D eigenvalue weighted by atomic mass is 16.3. The van der Waals surface area contributed by atoms with Gasteiger partial charge in [0, 0.05) is 12.0 Å². The van der Waals surface area contributed by atoms with E-state index in [0.29, 0.717) is 6.54 Å². The molecule has 1 rings (SSSR count). The highest BCUT2D eigenvalue weighted by Gasteiger charge is 2.21. The minimum absolute atomic E-state index is 0.00911. The Morgan fingerprint density at radius 2 is 1.76 bits per heavy atom. The molecule has 0 unspecified atom stereocenters. The summed E-state index contributed by atoms with van der Waals surface area (Å²) in [7, 11) is 0. The molecule has 0 bridgehead atoms. The van der Waals surface area contributed by atoms with Crippen LogP contribution in [0.5, 0.6) is 0 Å². The van der Waals surface area contributed by atoms with Crippen molar-refractivity contribution in [2.75, 3.05) is 26.3 Å². The van der Waals surface area contributed by atoms with Crippen molar-refractivity contribution in [3.8, 4) is 0 Å². The second kappa shape index (κ2) is 7.43. The van der Waals surface area contributed by atoms with Gasteiger partial charge in [-0.1, -0.05) is 37.3 Å². The number of aryl methyl sites for hydroxylation is 1. The van der Waals surface area contributed by atoms with Crippen LogP contribution in [0.3, 0.4) is 0 Å². The first-order valence-electron chi connectivity index (χ1n) is 6.16. The Hall–Kier alpha value is -0.900. The minimum atomic E-state index is -0.410. The average molecular weight is 237 g/mol. The maximum Gasteiger partial charge on any atom is 0.0518 e. The van der Waals surface area contributed by atoms with Gasteiger partial charge in [0.1, 0.15) is 0 Å². The second-order valence-electron chi connectivity index (χ2n) is 4.89. The van der Waals surface area contributed by atoms with Crippen LogP contribution in [-0.2, 0) is 6.42 Å². The SMILES string of the molecule is CC(CO)(CO)CNCCCc1ccccc1. The van der Waals surface area contributed by atoms with Crippen LogP contribution in [0.4, 0.5) is 0 Å². The molecule has 0 aliphatic carbocycles. The zero-order chi connectivity index (χ0) is 12.6. The number of aliphatic hydroxyl groups is 2. The average Bonchev–Trinajstić information content (AvgIpc) is 2.39. The molecule has 1 aromatic rings. The third-order valence-corrected chi connectivity index (χ3v) is 2.98. The van der Waals surface area contributed by atoms with Gasteiger partial charge in [-0.3, -0.25) is 0 Å². The first-order chi connectivity index (χ1) is 8.20. The Morgan fingerprint density at radius 1 is 1.12 bits per heavy atom. The summed E-state index contributed by atoms with van der Waals surface area (Å²) in [5.41, 5.74) is 0.939. The van der Waals surface area contributed by atoms with Gasteiger partial charge in [0.25, 0.3) is 0 Å². The molecule has 17 heavy (non-hydrogen) atoms. The predicted molar refractivity (Wildman–Crippen MR) is 69.9 cm³/mol. The summed E-state index contributed by atoms with van der Waals surface area (Å²) >= 11 is 0. The van der Waals surface area contributed by atoms with Crippen LogP contribution in [0.2, 0.25) is 0 Å². The minimum Gasteiger partial charge on any atom is -0.396 e. The molecule has 0 saturated carbocycles. The summed E-state index contributed by atoms with van der Waals surface area (Å²) in [6.45, 7) is 3.45. The fourth-order valence-corrected chi connectivity index (χ4v) is 1.61. The summed E-state index contributed by atoms with van der Waals surface area (Å²) in [6.07, 6.45) is 2.12. The van der Waals surface area contributed by atoms with Crippen LogP contribution >= 0.6 is 0 Å². The van der Waals surface area contributed by atoms with Crippen molar-refractivity contribution in [3.05, 3.63) is 35.9 Å². The second-order valence-corrected chi connectivity index (χ2v) is 4.89. The molecule has 0 heterocycles. The number of benzene rings is 1. The lowest BCUT2D eigenvalue weighted by atomic mass is 9.93. The number of aliphatic hydroxyl groups excluding tert-OH is 2. The first-order valence-corrected chi connectivity index (χ1v) is 6.16. The van der Waals surface area contributed by atoms with E-state index in [1.807, 2.05) is 13.0 Å². The van der Waals surface area contributed by atoms with Crippen LogP contribution in [0.25, 0.3) is 0 Å². The molecule has 0 aliphatic heterocycles. The lowest BCUT2D eigenvalue weighted by molar-refractivity contribution is 0.0699. The maximum atomic E-state index is 9.12. The smallest absolute Gasteiger partial charge is 0.0518 e. The van der Waals surface area contributed by atoms with E-state index in [1.54, 1.807) is 0 Å². The van der Waals surface area contributed by atoms with Crippen molar-refractivity contribution in [2.45, 2.75) is 19.8 Å². The molecular formula is C14H23NO2. The van der Waals surface area contributed by atoms with Gasteiger partial charge in [0.05, 0.1) is 13.2 Å². The van der Waals surface area contributed by atoms with E-state index in [0.717, 1.165) is 19.4 Å². The molecule has 0 fully saturated rings. The Balaban J connectivity index is 2.13. The van der Waals surface area contributed by atoms with Gasteiger partial charge >= 0.3 is 0 Å². The van der Waals surface area contributed by atoms with E-state index < -0.39 is 5.41 Å². The van der Waals surface area contributed by atoms with Gasteiger partial charge in [0.15, 0.2) is 0 Å². The normalized spacial score (nSPS) is 11.7. The fraction of sp³-hybridized carbons (Fsp3) is 0.571. The van der Waals surface area contributed by atoms with Gasteiger partial charge in [-0.15, -0.1) is 0 Å². The lowest BCUT2D eigenvalue weighted by Crippen LogP contribution is -2.38. The zero-order valence-corrected chi connectivity index (χ0v) is 10.5. The largest absolute Gasteiger partial charge is 0.396 e. The lowest BCUT2D eigenvalue weighted by Gasteiger charge is -2.24. The van der Waals surface area contributed by atoms with Gasteiger partial charge in [0.2, 0.25) is 0 Å². The number of rotatable bonds is 8. The molecule has 0 radical (unpaired) electrons. The van der Waals surface area contributed by atoms with Crippen molar-refractivity contribution < 1.29 is 10.2 Å². The fourth-order valence-electron chi connectivity index (χ4n) is 1.61. The third kappa shape index (κ3) is 5.31. The molecular weight excluding hydrogens is 214 g/mol. The quantitative estimate of drug-likeness (QED) is 0.596. The van der Waals surface area contributed by atoms with Gasteiger partial charge < -0.3 is 15.5 Å². The Kier molecular flexibility index (Phi) is 6.19. The van der Waals surface area contributed by atoms with E-state index in [2.05, 4.69) is 29.6 Å². The molecule has 3 N–H and O–H groups in total. The van der Waals surface area contributed by atoms with Crippen molar-refractivity contribution in [1.29, 1.82) is 0 Å². The molecule has 0 aliphatic rings.